The Morgan fingerprint density at radius 1 is 1.10 bits per heavy atom. The number of carbonyl (C=O) groups is 1. The Kier molecular flexibility index (Phi) is 7.18. The predicted octanol–water partition coefficient (Wildman–Crippen LogP) is 4.08. The van der Waals surface area contributed by atoms with Gasteiger partial charge < -0.3 is 20.1 Å². The van der Waals surface area contributed by atoms with Crippen molar-refractivity contribution >= 4 is 28.3 Å². The van der Waals surface area contributed by atoms with Gasteiger partial charge in [-0.15, -0.1) is 0 Å². The molecule has 5 fully saturated rings. The van der Waals surface area contributed by atoms with Crippen molar-refractivity contribution in [2.45, 2.75) is 89.5 Å². The SMILES string of the molecule is C[C@H]1[C@@H](CC(=O)NCCCCNc2ccc([N+](=O)[O-])c3nonc23)O[C@@H]2O[C@@]3(C)CC[C@H]4[C@H](C)CC[C@@H]1[C@@]24OO3. The molecule has 0 unspecified atom stereocenters. The highest BCUT2D eigenvalue weighted by molar-refractivity contribution is 5.93. The van der Waals surface area contributed by atoms with Crippen molar-refractivity contribution < 1.29 is 33.6 Å². The van der Waals surface area contributed by atoms with Crippen molar-refractivity contribution in [3.8, 4) is 0 Å². The summed E-state index contributed by atoms with van der Waals surface area (Å²) in [6.45, 7) is 7.48. The van der Waals surface area contributed by atoms with E-state index in [1.54, 1.807) is 6.07 Å². The molecular weight excluding hydrogens is 522 g/mol. The van der Waals surface area contributed by atoms with Crippen molar-refractivity contribution in [2.24, 2.45) is 23.7 Å². The Morgan fingerprint density at radius 2 is 1.90 bits per heavy atom. The number of nitrogens with one attached hydrogen (secondary N) is 2. The van der Waals surface area contributed by atoms with Crippen LogP contribution >= 0.6 is 0 Å². The lowest BCUT2D eigenvalue weighted by Crippen LogP contribution is -2.70. The quantitative estimate of drug-likeness (QED) is 0.197. The van der Waals surface area contributed by atoms with E-state index in [-0.39, 0.29) is 41.5 Å². The van der Waals surface area contributed by atoms with Gasteiger partial charge in [-0.05, 0) is 73.2 Å². The lowest BCUT2D eigenvalue weighted by molar-refractivity contribution is -0.570. The molecule has 218 valence electrons. The smallest absolute Gasteiger partial charge is 0.300 e. The van der Waals surface area contributed by atoms with Crippen LogP contribution in [0.1, 0.15) is 65.7 Å². The first-order valence-electron chi connectivity index (χ1n) is 14.3. The van der Waals surface area contributed by atoms with Crippen molar-refractivity contribution in [2.75, 3.05) is 18.4 Å². The highest BCUT2D eigenvalue weighted by Gasteiger charge is 2.69. The summed E-state index contributed by atoms with van der Waals surface area (Å²) in [5, 5.41) is 24.8. The third-order valence-corrected chi connectivity index (χ3v) is 9.51. The van der Waals surface area contributed by atoms with Gasteiger partial charge in [-0.3, -0.25) is 14.9 Å². The van der Waals surface area contributed by atoms with E-state index in [2.05, 4.69) is 34.8 Å². The third kappa shape index (κ3) is 4.62. The fourth-order valence-corrected chi connectivity index (χ4v) is 7.31. The van der Waals surface area contributed by atoms with Crippen LogP contribution in [0.2, 0.25) is 0 Å². The second-order valence-corrected chi connectivity index (χ2v) is 12.0. The van der Waals surface area contributed by atoms with Gasteiger partial charge in [-0.2, -0.15) is 0 Å². The standard InChI is InChI=1S/C27H37N5O8/c1-15-6-7-18-16(2)21(36-25-27(18)17(15)10-11-26(3,37-25)38-39-27)14-22(33)29-13-5-4-12-28-19-8-9-20(32(34)35)24-23(19)30-40-31-24/h8-9,15-18,21,25,28H,4-7,10-14H2,1-3H3,(H,29,33)/t15-,16-,17+,18+,21-,25-,26-,27-/m1/s1. The molecule has 7 rings (SSSR count). The Balaban J connectivity index is 0.994. The number of amides is 1. The van der Waals surface area contributed by atoms with Gasteiger partial charge in [0.05, 0.1) is 23.1 Å². The number of rotatable bonds is 9. The van der Waals surface area contributed by atoms with E-state index in [0.29, 0.717) is 36.1 Å². The van der Waals surface area contributed by atoms with Gasteiger partial charge in [0, 0.05) is 31.5 Å². The molecule has 5 heterocycles. The molecule has 1 aliphatic carbocycles. The first kappa shape index (κ1) is 27.3. The Hall–Kier alpha value is -2.87. The minimum Gasteiger partial charge on any atom is -0.383 e. The number of hydrogen-bond donors (Lipinski definition) is 2. The number of nitro benzene ring substituents is 1. The number of non-ortho nitro benzene ring substituents is 1. The molecule has 1 spiro atoms. The molecule has 0 radical (unpaired) electrons. The fourth-order valence-electron chi connectivity index (χ4n) is 7.31. The van der Waals surface area contributed by atoms with E-state index in [0.717, 1.165) is 38.5 Å². The van der Waals surface area contributed by atoms with Crippen LogP contribution < -0.4 is 10.6 Å². The van der Waals surface area contributed by atoms with Crippen LogP contribution in [0.25, 0.3) is 11.0 Å². The minimum absolute atomic E-state index is 0.0469. The summed E-state index contributed by atoms with van der Waals surface area (Å²) < 4.78 is 17.6. The number of nitro groups is 1. The number of anilines is 1. The number of hydrogen-bond acceptors (Lipinski definition) is 11. The van der Waals surface area contributed by atoms with Crippen LogP contribution in [0.4, 0.5) is 11.4 Å². The third-order valence-electron chi connectivity index (χ3n) is 9.51. The highest BCUT2D eigenvalue weighted by atomic mass is 17.3. The maximum atomic E-state index is 12.9. The molecule has 1 amide bonds. The number of aromatic nitrogens is 2. The Morgan fingerprint density at radius 3 is 2.73 bits per heavy atom. The van der Waals surface area contributed by atoms with Crippen LogP contribution in [0.15, 0.2) is 16.8 Å². The molecule has 2 N–H and O–H groups in total. The predicted molar refractivity (Wildman–Crippen MR) is 141 cm³/mol. The molecule has 1 aromatic carbocycles. The zero-order chi connectivity index (χ0) is 28.1. The van der Waals surface area contributed by atoms with Gasteiger partial charge >= 0.3 is 5.69 Å². The van der Waals surface area contributed by atoms with Crippen molar-refractivity contribution in [1.82, 2.24) is 15.6 Å². The van der Waals surface area contributed by atoms with E-state index >= 15 is 0 Å². The van der Waals surface area contributed by atoms with Gasteiger partial charge in [0.25, 0.3) is 0 Å². The molecule has 2 aromatic rings. The van der Waals surface area contributed by atoms with E-state index in [9.17, 15) is 14.9 Å². The summed E-state index contributed by atoms with van der Waals surface area (Å²) in [5.41, 5.74) is 0.276. The first-order valence-corrected chi connectivity index (χ1v) is 14.3. The van der Waals surface area contributed by atoms with E-state index < -0.39 is 22.6 Å². The number of unbranched alkanes of at least 4 members (excludes halogenated alkanes) is 1. The number of nitrogens with zero attached hydrogens (tertiary/aromatic N) is 3. The average molecular weight is 560 g/mol. The molecule has 8 atom stereocenters. The highest BCUT2D eigenvalue weighted by Crippen LogP contribution is 2.60. The number of benzene rings is 1. The fraction of sp³-hybridized carbons (Fsp3) is 0.741. The van der Waals surface area contributed by atoms with Gasteiger partial charge in [-0.25, -0.2) is 14.4 Å². The molecule has 13 nitrogen and oxygen atoms in total. The molecule has 1 aromatic heterocycles. The molecule has 4 saturated heterocycles. The topological polar surface area (TPSA) is 160 Å². The van der Waals surface area contributed by atoms with Crippen LogP contribution in [0.3, 0.4) is 0 Å². The molecule has 5 aliphatic rings. The molecule has 40 heavy (non-hydrogen) atoms. The number of ether oxygens (including phenoxy) is 2. The molecule has 13 heteroatoms. The second kappa shape index (κ2) is 10.5. The summed E-state index contributed by atoms with van der Waals surface area (Å²) >= 11 is 0. The average Bonchev–Trinajstić information content (AvgIpc) is 3.31. The first-order chi connectivity index (χ1) is 19.2. The second-order valence-electron chi connectivity index (χ2n) is 12.0. The van der Waals surface area contributed by atoms with Crippen LogP contribution in [0, 0.1) is 33.8 Å². The largest absolute Gasteiger partial charge is 0.383 e. The summed E-state index contributed by atoms with van der Waals surface area (Å²) in [7, 11) is 0. The Labute approximate surface area is 231 Å². The lowest BCUT2D eigenvalue weighted by Gasteiger charge is -2.60. The lowest BCUT2D eigenvalue weighted by atomic mass is 9.57. The van der Waals surface area contributed by atoms with E-state index in [1.807, 2.05) is 6.92 Å². The monoisotopic (exact) mass is 559 g/mol. The van der Waals surface area contributed by atoms with Gasteiger partial charge in [-0.1, -0.05) is 13.8 Å². The molecular formula is C27H37N5O8. The van der Waals surface area contributed by atoms with E-state index in [4.69, 9.17) is 23.9 Å². The minimum atomic E-state index is -0.830. The maximum Gasteiger partial charge on any atom is 0.300 e. The van der Waals surface area contributed by atoms with Gasteiger partial charge in [0.2, 0.25) is 17.2 Å². The summed E-state index contributed by atoms with van der Waals surface area (Å²) in [6, 6.07) is 2.97. The number of carbonyl (C=O) groups excluding carboxylic acids is 1. The Bertz CT molecular complexity index is 1270. The maximum absolute atomic E-state index is 12.9. The zero-order valence-electron chi connectivity index (χ0n) is 23.1. The van der Waals surface area contributed by atoms with Crippen LogP contribution in [-0.4, -0.2) is 58.0 Å². The molecule has 4 aliphatic heterocycles. The van der Waals surface area contributed by atoms with Gasteiger partial charge in [0.15, 0.2) is 17.4 Å². The summed E-state index contributed by atoms with van der Waals surface area (Å²) in [5.74, 6) is 0.243. The van der Waals surface area contributed by atoms with Crippen LogP contribution in [-0.2, 0) is 24.0 Å². The van der Waals surface area contributed by atoms with Crippen LogP contribution in [0.5, 0.6) is 0 Å². The molecule has 2 bridgehead atoms. The van der Waals surface area contributed by atoms with Crippen molar-refractivity contribution in [3.63, 3.8) is 0 Å². The normalized spacial score (nSPS) is 36.6. The molecule has 1 saturated carbocycles. The van der Waals surface area contributed by atoms with E-state index in [1.165, 1.54) is 6.07 Å². The number of fused-ring (bicyclic) bond motifs is 3. The van der Waals surface area contributed by atoms with Gasteiger partial charge in [0.1, 0.15) is 0 Å². The summed E-state index contributed by atoms with van der Waals surface area (Å²) in [4.78, 5) is 35.6. The zero-order valence-corrected chi connectivity index (χ0v) is 23.1. The van der Waals surface area contributed by atoms with Crippen molar-refractivity contribution in [3.05, 3.63) is 22.2 Å². The van der Waals surface area contributed by atoms with Crippen molar-refractivity contribution in [1.29, 1.82) is 0 Å². The summed E-state index contributed by atoms with van der Waals surface area (Å²) in [6.07, 6.45) is 4.85.